The Bertz CT molecular complexity index is 774. The average Bonchev–Trinajstić information content (AvgIpc) is 2.57. The molecule has 23 heavy (non-hydrogen) atoms. The number of benzene rings is 2. The fourth-order valence-electron chi connectivity index (χ4n) is 2.84. The van der Waals surface area contributed by atoms with E-state index in [1.807, 2.05) is 42.5 Å². The van der Waals surface area contributed by atoms with Gasteiger partial charge in [-0.2, -0.15) is 0 Å². The van der Waals surface area contributed by atoms with Crippen LogP contribution in [0.5, 0.6) is 5.75 Å². The van der Waals surface area contributed by atoms with Crippen molar-refractivity contribution in [1.29, 1.82) is 0 Å². The molecule has 0 atom stereocenters. The van der Waals surface area contributed by atoms with Crippen LogP contribution in [0, 0.1) is 0 Å². The molecule has 0 saturated carbocycles. The normalized spacial score (nSPS) is 14.5. The number of phenolic OH excluding ortho intramolecular Hbond substituents is 1. The highest BCUT2D eigenvalue weighted by molar-refractivity contribution is 6.44. The summed E-state index contributed by atoms with van der Waals surface area (Å²) >= 11 is 0. The quantitative estimate of drug-likeness (QED) is 0.910. The van der Waals surface area contributed by atoms with E-state index in [2.05, 4.69) is 4.99 Å². The predicted molar refractivity (Wildman–Crippen MR) is 89.7 cm³/mol. The van der Waals surface area contributed by atoms with Gasteiger partial charge in [0.05, 0.1) is 0 Å². The van der Waals surface area contributed by atoms with E-state index in [1.54, 1.807) is 12.1 Å². The van der Waals surface area contributed by atoms with Crippen molar-refractivity contribution in [3.63, 3.8) is 0 Å². The minimum atomic E-state index is -0.994. The molecule has 0 radical (unpaired) electrons. The van der Waals surface area contributed by atoms with E-state index in [4.69, 9.17) is 0 Å². The van der Waals surface area contributed by atoms with Gasteiger partial charge in [0.15, 0.2) is 0 Å². The van der Waals surface area contributed by atoms with E-state index < -0.39 is 5.97 Å². The van der Waals surface area contributed by atoms with E-state index >= 15 is 0 Å². The smallest absolute Gasteiger partial charge is 0.354 e. The van der Waals surface area contributed by atoms with Crippen LogP contribution in [0.15, 0.2) is 65.2 Å². The van der Waals surface area contributed by atoms with E-state index in [-0.39, 0.29) is 11.5 Å². The molecule has 0 aliphatic carbocycles. The van der Waals surface area contributed by atoms with E-state index in [0.717, 1.165) is 22.3 Å². The van der Waals surface area contributed by atoms with E-state index in [1.165, 1.54) is 0 Å². The number of carbonyl (C=O) groups is 1. The zero-order chi connectivity index (χ0) is 16.2. The SMILES string of the molecule is O=C(O)C1=NCCC(c2ccc(O)cc2)=C1Cc1ccccc1. The number of hydrogen-bond acceptors (Lipinski definition) is 3. The number of aromatic hydroxyl groups is 1. The van der Waals surface area contributed by atoms with Gasteiger partial charge < -0.3 is 10.2 Å². The molecule has 2 aromatic carbocycles. The van der Waals surface area contributed by atoms with Crippen LogP contribution < -0.4 is 0 Å². The van der Waals surface area contributed by atoms with Crippen LogP contribution in [0.4, 0.5) is 0 Å². The first-order chi connectivity index (χ1) is 11.1. The van der Waals surface area contributed by atoms with Gasteiger partial charge in [0.25, 0.3) is 0 Å². The third kappa shape index (κ3) is 3.31. The number of hydrogen-bond donors (Lipinski definition) is 2. The third-order valence-corrected chi connectivity index (χ3v) is 3.92. The molecule has 116 valence electrons. The first-order valence-corrected chi connectivity index (χ1v) is 7.48. The number of carboxylic acids is 1. The average molecular weight is 307 g/mol. The topological polar surface area (TPSA) is 69.9 Å². The Hall–Kier alpha value is -2.88. The van der Waals surface area contributed by atoms with Crippen molar-refractivity contribution < 1.29 is 15.0 Å². The summed E-state index contributed by atoms with van der Waals surface area (Å²) in [4.78, 5) is 15.8. The Balaban J connectivity index is 2.08. The summed E-state index contributed by atoms with van der Waals surface area (Å²) in [5.41, 5.74) is 3.86. The van der Waals surface area contributed by atoms with Gasteiger partial charge in [-0.15, -0.1) is 0 Å². The number of aliphatic carboxylic acids is 1. The summed E-state index contributed by atoms with van der Waals surface area (Å²) in [5.74, 6) is -0.797. The fraction of sp³-hybridized carbons (Fsp3) is 0.158. The van der Waals surface area contributed by atoms with Gasteiger partial charge in [-0.05, 0) is 40.8 Å². The van der Waals surface area contributed by atoms with Crippen LogP contribution in [-0.2, 0) is 11.2 Å². The lowest BCUT2D eigenvalue weighted by Gasteiger charge is -2.20. The van der Waals surface area contributed by atoms with E-state index in [9.17, 15) is 15.0 Å². The molecular weight excluding hydrogens is 290 g/mol. The standard InChI is InChI=1S/C19H17NO3/c21-15-8-6-14(7-9-15)16-10-11-20-18(19(22)23)17(16)12-13-4-2-1-3-5-13/h1-9,21H,10-12H2,(H,22,23). The Labute approximate surface area is 134 Å². The number of carboxylic acid groups (broad SMARTS) is 1. The van der Waals surface area contributed by atoms with Crippen LogP contribution in [0.3, 0.4) is 0 Å². The second-order valence-corrected chi connectivity index (χ2v) is 5.45. The molecule has 2 N–H and O–H groups in total. The predicted octanol–water partition coefficient (Wildman–Crippen LogP) is 3.32. The minimum absolute atomic E-state index is 0.142. The number of phenols is 1. The molecule has 4 heteroatoms. The molecule has 1 heterocycles. The van der Waals surface area contributed by atoms with Gasteiger partial charge in [0.2, 0.25) is 0 Å². The zero-order valence-electron chi connectivity index (χ0n) is 12.6. The highest BCUT2D eigenvalue weighted by Crippen LogP contribution is 2.30. The van der Waals surface area contributed by atoms with Gasteiger partial charge >= 0.3 is 5.97 Å². The van der Waals surface area contributed by atoms with Crippen LogP contribution in [-0.4, -0.2) is 28.4 Å². The molecule has 0 spiro atoms. The second-order valence-electron chi connectivity index (χ2n) is 5.45. The summed E-state index contributed by atoms with van der Waals surface area (Å²) in [6.45, 7) is 0.468. The van der Waals surface area contributed by atoms with Crippen molar-refractivity contribution >= 4 is 17.3 Å². The molecule has 1 aliphatic rings. The fourth-order valence-corrected chi connectivity index (χ4v) is 2.84. The maximum atomic E-state index is 11.6. The number of aliphatic imine (C=N–C) groups is 1. The third-order valence-electron chi connectivity index (χ3n) is 3.92. The molecule has 2 aromatic rings. The van der Waals surface area contributed by atoms with Crippen molar-refractivity contribution in [3.05, 3.63) is 71.3 Å². The van der Waals surface area contributed by atoms with Gasteiger partial charge in [0.1, 0.15) is 11.5 Å². The van der Waals surface area contributed by atoms with Crippen molar-refractivity contribution in [3.8, 4) is 5.75 Å². The molecule has 0 bridgehead atoms. The molecule has 1 aliphatic heterocycles. The maximum Gasteiger partial charge on any atom is 0.354 e. The lowest BCUT2D eigenvalue weighted by molar-refractivity contribution is -0.129. The van der Waals surface area contributed by atoms with Gasteiger partial charge in [-0.1, -0.05) is 42.5 Å². The Morgan fingerprint density at radius 1 is 1.04 bits per heavy atom. The van der Waals surface area contributed by atoms with Crippen molar-refractivity contribution in [2.45, 2.75) is 12.8 Å². The lowest BCUT2D eigenvalue weighted by atomic mass is 9.88. The summed E-state index contributed by atoms with van der Waals surface area (Å²) < 4.78 is 0. The van der Waals surface area contributed by atoms with E-state index in [0.29, 0.717) is 19.4 Å². The summed E-state index contributed by atoms with van der Waals surface area (Å²) in [6, 6.07) is 16.7. The van der Waals surface area contributed by atoms with Crippen molar-refractivity contribution in [2.75, 3.05) is 6.54 Å². The zero-order valence-corrected chi connectivity index (χ0v) is 12.6. The molecule has 0 fully saturated rings. The number of dihydropyridines is 1. The van der Waals surface area contributed by atoms with Gasteiger partial charge in [-0.25, -0.2) is 4.79 Å². The van der Waals surface area contributed by atoms with Gasteiger partial charge in [-0.3, -0.25) is 4.99 Å². The van der Waals surface area contributed by atoms with Crippen molar-refractivity contribution in [1.82, 2.24) is 0 Å². The van der Waals surface area contributed by atoms with Crippen molar-refractivity contribution in [2.24, 2.45) is 4.99 Å². The molecule has 4 nitrogen and oxygen atoms in total. The first-order valence-electron chi connectivity index (χ1n) is 7.48. The van der Waals surface area contributed by atoms with Crippen LogP contribution in [0.1, 0.15) is 17.5 Å². The molecule has 0 saturated heterocycles. The molecule has 0 unspecified atom stereocenters. The highest BCUT2D eigenvalue weighted by Gasteiger charge is 2.23. The minimum Gasteiger partial charge on any atom is -0.508 e. The monoisotopic (exact) mass is 307 g/mol. The maximum absolute atomic E-state index is 11.6. The summed E-state index contributed by atoms with van der Waals surface area (Å²) in [5, 5.41) is 19.0. The Kier molecular flexibility index (Phi) is 4.24. The van der Waals surface area contributed by atoms with Crippen LogP contribution in [0.25, 0.3) is 5.57 Å². The molecule has 0 amide bonds. The molecule has 3 rings (SSSR count). The first kappa shape index (κ1) is 15.0. The van der Waals surface area contributed by atoms with Crippen LogP contribution in [0.2, 0.25) is 0 Å². The Morgan fingerprint density at radius 3 is 2.39 bits per heavy atom. The second kappa shape index (κ2) is 6.48. The number of rotatable bonds is 4. The van der Waals surface area contributed by atoms with Gasteiger partial charge in [0, 0.05) is 13.0 Å². The molecule has 0 aromatic heterocycles. The largest absolute Gasteiger partial charge is 0.508 e. The Morgan fingerprint density at radius 2 is 1.74 bits per heavy atom. The van der Waals surface area contributed by atoms with Crippen LogP contribution >= 0.6 is 0 Å². The molecular formula is C19H17NO3. The lowest BCUT2D eigenvalue weighted by Crippen LogP contribution is -2.22. The summed E-state index contributed by atoms with van der Waals surface area (Å²) in [7, 11) is 0. The highest BCUT2D eigenvalue weighted by atomic mass is 16.4. The number of nitrogens with zero attached hydrogens (tertiary/aromatic N) is 1. The summed E-state index contributed by atoms with van der Waals surface area (Å²) in [6.07, 6.45) is 1.23.